The zero-order valence-electron chi connectivity index (χ0n) is 27.8. The van der Waals surface area contributed by atoms with Gasteiger partial charge in [-0.1, -0.05) is 53.0 Å². The van der Waals surface area contributed by atoms with E-state index in [0.717, 1.165) is 27.3 Å². The van der Waals surface area contributed by atoms with Gasteiger partial charge in [0.25, 0.3) is 0 Å². The molecule has 47 heavy (non-hydrogen) atoms. The number of nitrogens with zero attached hydrogens (tertiary/aromatic N) is 1. The smallest absolute Gasteiger partial charge is 0.323 e. The number of anilines is 4. The molecule has 10 heteroatoms. The molecule has 0 aliphatic carbocycles. The Morgan fingerprint density at radius 3 is 2.28 bits per heavy atom. The van der Waals surface area contributed by atoms with Gasteiger partial charge in [0.2, 0.25) is 0 Å². The number of nitrogens with one attached hydrogen (secondary N) is 3. The van der Waals surface area contributed by atoms with Crippen molar-refractivity contribution in [2.75, 3.05) is 43.5 Å². The van der Waals surface area contributed by atoms with Crippen LogP contribution in [-0.4, -0.2) is 43.7 Å². The van der Waals surface area contributed by atoms with Crippen LogP contribution in [0, 0.1) is 0 Å². The van der Waals surface area contributed by atoms with Crippen LogP contribution in [0.2, 0.25) is 0 Å². The summed E-state index contributed by atoms with van der Waals surface area (Å²) in [4.78, 5) is 17.9. The molecule has 0 aliphatic heterocycles. The van der Waals surface area contributed by atoms with Crippen LogP contribution in [0.3, 0.4) is 0 Å². The lowest BCUT2D eigenvalue weighted by Gasteiger charge is -2.25. The normalized spacial score (nSPS) is 11.3. The summed E-state index contributed by atoms with van der Waals surface area (Å²) in [7, 11) is 2.74. The van der Waals surface area contributed by atoms with Gasteiger partial charge in [0, 0.05) is 40.1 Å². The van der Waals surface area contributed by atoms with Gasteiger partial charge in [-0.2, -0.15) is 0 Å². The minimum absolute atomic E-state index is 0.102. The van der Waals surface area contributed by atoms with Crippen molar-refractivity contribution in [3.63, 3.8) is 0 Å². The third-order valence-electron chi connectivity index (χ3n) is 7.62. The Morgan fingerprint density at radius 2 is 1.60 bits per heavy atom. The van der Waals surface area contributed by atoms with Crippen molar-refractivity contribution in [1.82, 2.24) is 4.98 Å². The fourth-order valence-corrected chi connectivity index (χ4v) is 6.21. The molecule has 4 aromatic carbocycles. The average Bonchev–Trinajstić information content (AvgIpc) is 3.05. The van der Waals surface area contributed by atoms with E-state index >= 15 is 0 Å². The summed E-state index contributed by atoms with van der Waals surface area (Å²) in [6, 6.07) is 24.2. The van der Waals surface area contributed by atoms with E-state index in [9.17, 15) is 9.90 Å². The van der Waals surface area contributed by atoms with Crippen LogP contribution >= 0.6 is 7.92 Å². The number of amides is 2. The van der Waals surface area contributed by atoms with Crippen molar-refractivity contribution in [2.24, 2.45) is 0 Å². The Morgan fingerprint density at radius 1 is 0.851 bits per heavy atom. The summed E-state index contributed by atoms with van der Waals surface area (Å²) in [5.41, 5.74) is 3.74. The van der Waals surface area contributed by atoms with E-state index in [2.05, 4.69) is 61.1 Å². The standard InChI is InChI=1S/C37H41N4O5P/c1-37(2,3)24-18-31(35(45-5)33(19-24)47(6)7)41-36(43)40-30-12-13-32(29-11-9-8-10-28(29)30)46-26-14-15-38-34(21-26)39-25-16-23(22-42)17-27(20-25)44-4/h8-21,42H,22H2,1-7H3,(H,38,39)(H2,40,41,43). The van der Waals surface area contributed by atoms with Gasteiger partial charge in [-0.15, -0.1) is 0 Å². The van der Waals surface area contributed by atoms with Gasteiger partial charge in [-0.05, 0) is 72.3 Å². The minimum Gasteiger partial charge on any atom is -0.497 e. The Bertz CT molecular complexity index is 1880. The van der Waals surface area contributed by atoms with Crippen molar-refractivity contribution in [1.29, 1.82) is 0 Å². The topological polar surface area (TPSA) is 114 Å². The minimum atomic E-state index is -0.476. The number of aromatic nitrogens is 1. The predicted octanol–water partition coefficient (Wildman–Crippen LogP) is 8.59. The van der Waals surface area contributed by atoms with Crippen molar-refractivity contribution in [3.05, 3.63) is 96.2 Å². The summed E-state index contributed by atoms with van der Waals surface area (Å²) in [6.07, 6.45) is 1.65. The molecule has 0 aliphatic rings. The number of methoxy groups -OCH3 is 2. The van der Waals surface area contributed by atoms with Crippen LogP contribution in [0.15, 0.2) is 85.1 Å². The number of ether oxygens (including phenoxy) is 3. The van der Waals surface area contributed by atoms with Crippen molar-refractivity contribution < 1.29 is 24.1 Å². The van der Waals surface area contributed by atoms with E-state index in [0.29, 0.717) is 45.8 Å². The molecule has 0 radical (unpaired) electrons. The molecule has 244 valence electrons. The highest BCUT2D eigenvalue weighted by molar-refractivity contribution is 7.64. The highest BCUT2D eigenvalue weighted by atomic mass is 31.1. The molecule has 0 spiro atoms. The van der Waals surface area contributed by atoms with Crippen molar-refractivity contribution in [3.8, 4) is 23.0 Å². The maximum atomic E-state index is 13.4. The van der Waals surface area contributed by atoms with E-state index in [1.807, 2.05) is 54.6 Å². The van der Waals surface area contributed by atoms with Crippen molar-refractivity contribution in [2.45, 2.75) is 32.8 Å². The van der Waals surface area contributed by atoms with Gasteiger partial charge >= 0.3 is 6.03 Å². The Hall–Kier alpha value is -4.85. The second-order valence-electron chi connectivity index (χ2n) is 12.3. The molecule has 1 heterocycles. The summed E-state index contributed by atoms with van der Waals surface area (Å²) >= 11 is 0. The van der Waals surface area contributed by atoms with Crippen LogP contribution in [0.5, 0.6) is 23.0 Å². The summed E-state index contributed by atoms with van der Waals surface area (Å²) in [5.74, 6) is 3.07. The highest BCUT2D eigenvalue weighted by Gasteiger charge is 2.22. The number of carbonyl (C=O) groups is 1. The molecule has 0 unspecified atom stereocenters. The molecule has 0 bridgehead atoms. The summed E-state index contributed by atoms with van der Waals surface area (Å²) < 4.78 is 17.5. The lowest BCUT2D eigenvalue weighted by molar-refractivity contribution is 0.262. The molecule has 0 saturated heterocycles. The number of carbonyl (C=O) groups excluding carboxylic acids is 1. The van der Waals surface area contributed by atoms with Crippen LogP contribution in [0.25, 0.3) is 10.8 Å². The number of fused-ring (bicyclic) bond motifs is 1. The molecule has 9 nitrogen and oxygen atoms in total. The molecule has 4 N–H and O–H groups in total. The fourth-order valence-electron chi connectivity index (χ4n) is 5.19. The number of hydrogen-bond donors (Lipinski definition) is 4. The largest absolute Gasteiger partial charge is 0.497 e. The monoisotopic (exact) mass is 652 g/mol. The predicted molar refractivity (Wildman–Crippen MR) is 193 cm³/mol. The molecule has 1 aromatic heterocycles. The zero-order chi connectivity index (χ0) is 33.7. The lowest BCUT2D eigenvalue weighted by Crippen LogP contribution is -2.23. The second-order valence-corrected chi connectivity index (χ2v) is 14.6. The van der Waals surface area contributed by atoms with Gasteiger partial charge < -0.3 is 35.3 Å². The first kappa shape index (κ1) is 33.5. The Balaban J connectivity index is 1.38. The maximum Gasteiger partial charge on any atom is 0.323 e. The Kier molecular flexibility index (Phi) is 10.2. The van der Waals surface area contributed by atoms with E-state index in [-0.39, 0.29) is 18.1 Å². The number of urea groups is 1. The molecule has 5 aromatic rings. The van der Waals surface area contributed by atoms with Gasteiger partial charge in [-0.25, -0.2) is 9.78 Å². The zero-order valence-corrected chi connectivity index (χ0v) is 28.7. The third-order valence-corrected chi connectivity index (χ3v) is 8.91. The third kappa shape index (κ3) is 7.94. The van der Waals surface area contributed by atoms with E-state index in [1.165, 1.54) is 0 Å². The number of benzene rings is 4. The number of hydrogen-bond acceptors (Lipinski definition) is 7. The first-order chi connectivity index (χ1) is 22.5. The number of aliphatic hydroxyl groups is 1. The lowest BCUT2D eigenvalue weighted by atomic mass is 9.86. The van der Waals surface area contributed by atoms with Gasteiger partial charge in [0.1, 0.15) is 28.8 Å². The van der Waals surface area contributed by atoms with E-state index in [4.69, 9.17) is 14.2 Å². The van der Waals surface area contributed by atoms with Crippen LogP contribution in [0.4, 0.5) is 27.7 Å². The number of aliphatic hydroxyl groups excluding tert-OH is 1. The van der Waals surface area contributed by atoms with Crippen molar-refractivity contribution >= 4 is 52.9 Å². The SMILES string of the molecule is COc1cc(CO)cc(Nc2cc(Oc3ccc(NC(=O)Nc4cc(C(C)(C)C)cc(P(C)C)c4OC)c4ccccc34)ccn2)c1. The molecular formula is C37H41N4O5P. The molecule has 0 atom stereocenters. The first-order valence-electron chi connectivity index (χ1n) is 15.2. The quantitative estimate of drug-likeness (QED) is 0.112. The van der Waals surface area contributed by atoms with Crippen LogP contribution in [0.1, 0.15) is 31.9 Å². The Labute approximate surface area is 277 Å². The van der Waals surface area contributed by atoms with Gasteiger partial charge in [0.05, 0.1) is 32.2 Å². The van der Waals surface area contributed by atoms with Gasteiger partial charge in [-0.3, -0.25) is 0 Å². The first-order valence-corrected chi connectivity index (χ1v) is 17.4. The molecule has 0 saturated carbocycles. The summed E-state index contributed by atoms with van der Waals surface area (Å²) in [6.45, 7) is 10.7. The second kappa shape index (κ2) is 14.3. The van der Waals surface area contributed by atoms with E-state index < -0.39 is 7.92 Å². The van der Waals surface area contributed by atoms with Crippen LogP contribution < -0.4 is 35.5 Å². The number of pyridine rings is 1. The highest BCUT2D eigenvalue weighted by Crippen LogP contribution is 2.39. The van der Waals surface area contributed by atoms with Gasteiger partial charge in [0.15, 0.2) is 0 Å². The summed E-state index contributed by atoms with van der Waals surface area (Å²) in [5, 5.41) is 21.7. The maximum absolute atomic E-state index is 13.4. The molecule has 5 rings (SSSR count). The molecular weight excluding hydrogens is 611 g/mol. The molecule has 2 amide bonds. The fraction of sp³-hybridized carbons (Fsp3) is 0.243. The average molecular weight is 653 g/mol. The molecule has 0 fully saturated rings. The van der Waals surface area contributed by atoms with E-state index in [1.54, 1.807) is 38.6 Å². The number of rotatable bonds is 10. The van der Waals surface area contributed by atoms with Crippen LogP contribution in [-0.2, 0) is 12.0 Å².